The summed E-state index contributed by atoms with van der Waals surface area (Å²) in [6.45, 7) is 6.18. The van der Waals surface area contributed by atoms with Crippen molar-refractivity contribution in [3.8, 4) is 5.75 Å². The van der Waals surface area contributed by atoms with Crippen molar-refractivity contribution in [3.63, 3.8) is 0 Å². The second kappa shape index (κ2) is 11.3. The molecule has 0 saturated carbocycles. The van der Waals surface area contributed by atoms with E-state index in [1.807, 2.05) is 18.2 Å². The number of carbonyl (C=O) groups is 1. The number of fused-ring (bicyclic) bond motifs is 2. The van der Waals surface area contributed by atoms with E-state index in [0.29, 0.717) is 29.8 Å². The molecule has 1 aromatic rings. The van der Waals surface area contributed by atoms with Gasteiger partial charge in [0.05, 0.1) is 18.3 Å². The summed E-state index contributed by atoms with van der Waals surface area (Å²) in [5, 5.41) is 19.6. The highest BCUT2D eigenvalue weighted by atomic mass is 16.5. The summed E-state index contributed by atoms with van der Waals surface area (Å²) >= 11 is 0. The molecule has 2 fully saturated rings. The van der Waals surface area contributed by atoms with Crippen LogP contribution in [0.2, 0.25) is 0 Å². The molecule has 0 radical (unpaired) electrons. The van der Waals surface area contributed by atoms with Crippen LogP contribution in [0.4, 0.5) is 0 Å². The third kappa shape index (κ3) is 6.58. The highest BCUT2D eigenvalue weighted by molar-refractivity contribution is 5.68. The molecule has 0 aromatic heterocycles. The molecule has 0 amide bonds. The van der Waals surface area contributed by atoms with Gasteiger partial charge in [0.15, 0.2) is 6.61 Å². The summed E-state index contributed by atoms with van der Waals surface area (Å²) in [4.78, 5) is 10.7. The summed E-state index contributed by atoms with van der Waals surface area (Å²) in [6.07, 6.45) is 13.1. The second-order valence-electron chi connectivity index (χ2n) is 10.2. The van der Waals surface area contributed by atoms with E-state index >= 15 is 0 Å². The smallest absolute Gasteiger partial charge is 0.341 e. The molecule has 2 saturated heterocycles. The van der Waals surface area contributed by atoms with Crippen molar-refractivity contribution in [1.29, 1.82) is 0 Å². The first-order chi connectivity index (χ1) is 15.3. The highest BCUT2D eigenvalue weighted by Crippen LogP contribution is 2.46. The number of carboxylic acid groups (broad SMARTS) is 1. The Morgan fingerprint density at radius 2 is 2.06 bits per heavy atom. The van der Waals surface area contributed by atoms with Gasteiger partial charge in [0.2, 0.25) is 0 Å². The number of aliphatic hydroxyl groups excluding tert-OH is 1. The van der Waals surface area contributed by atoms with E-state index in [1.54, 1.807) is 6.07 Å². The van der Waals surface area contributed by atoms with Crippen molar-refractivity contribution in [3.05, 3.63) is 42.0 Å². The van der Waals surface area contributed by atoms with E-state index in [9.17, 15) is 9.90 Å². The van der Waals surface area contributed by atoms with Crippen LogP contribution in [0.15, 0.2) is 36.4 Å². The van der Waals surface area contributed by atoms with Crippen LogP contribution in [0.5, 0.6) is 5.75 Å². The Labute approximate surface area is 192 Å². The molecule has 1 unspecified atom stereocenters. The molecule has 32 heavy (non-hydrogen) atoms. The number of hydrogen-bond acceptors (Lipinski definition) is 4. The van der Waals surface area contributed by atoms with Gasteiger partial charge < -0.3 is 19.7 Å². The lowest BCUT2D eigenvalue weighted by atomic mass is 9.75. The van der Waals surface area contributed by atoms with Crippen LogP contribution in [0.25, 0.3) is 0 Å². The highest BCUT2D eigenvalue weighted by Gasteiger charge is 2.47. The average molecular weight is 445 g/mol. The number of aliphatic carboxylic acids is 1. The second-order valence-corrected chi connectivity index (χ2v) is 10.2. The summed E-state index contributed by atoms with van der Waals surface area (Å²) in [5.74, 6) is 0.524. The SMILES string of the molecule is CCCCC(C)(C)C(O)/C=C/[C@@H]1[C@H](CCCc2cccc(OCC(=O)O)c2)[C@@H]2CC[C@H]1O2. The molecular weight excluding hydrogens is 404 g/mol. The molecule has 5 atom stereocenters. The zero-order valence-electron chi connectivity index (χ0n) is 19.8. The molecular formula is C27H40O5. The van der Waals surface area contributed by atoms with Crippen molar-refractivity contribution in [2.75, 3.05) is 6.61 Å². The Balaban J connectivity index is 1.54. The van der Waals surface area contributed by atoms with Crippen LogP contribution in [0, 0.1) is 17.3 Å². The van der Waals surface area contributed by atoms with Crippen LogP contribution in [0.3, 0.4) is 0 Å². The molecule has 5 nitrogen and oxygen atoms in total. The predicted molar refractivity (Wildman–Crippen MR) is 126 cm³/mol. The fourth-order valence-corrected chi connectivity index (χ4v) is 5.21. The van der Waals surface area contributed by atoms with E-state index in [0.717, 1.165) is 56.9 Å². The molecule has 2 aliphatic heterocycles. The lowest BCUT2D eigenvalue weighted by Crippen LogP contribution is -2.29. The van der Waals surface area contributed by atoms with Crippen LogP contribution >= 0.6 is 0 Å². The van der Waals surface area contributed by atoms with E-state index in [-0.39, 0.29) is 12.0 Å². The number of aryl methyl sites for hydroxylation is 1. The third-order valence-corrected chi connectivity index (χ3v) is 7.24. The number of hydrogen-bond donors (Lipinski definition) is 2. The third-order valence-electron chi connectivity index (χ3n) is 7.24. The summed E-state index contributed by atoms with van der Waals surface area (Å²) in [7, 11) is 0. The molecule has 5 heteroatoms. The van der Waals surface area contributed by atoms with Gasteiger partial charge in [-0.05, 0) is 67.6 Å². The maximum Gasteiger partial charge on any atom is 0.341 e. The summed E-state index contributed by atoms with van der Waals surface area (Å²) < 4.78 is 11.5. The Bertz CT molecular complexity index is 771. The first-order valence-electron chi connectivity index (χ1n) is 12.3. The van der Waals surface area contributed by atoms with Gasteiger partial charge in [-0.2, -0.15) is 0 Å². The Morgan fingerprint density at radius 3 is 2.81 bits per heavy atom. The van der Waals surface area contributed by atoms with Crippen LogP contribution < -0.4 is 4.74 Å². The average Bonchev–Trinajstić information content (AvgIpc) is 3.37. The maximum absolute atomic E-state index is 10.8. The quantitative estimate of drug-likeness (QED) is 0.398. The zero-order valence-corrected chi connectivity index (χ0v) is 19.8. The zero-order chi connectivity index (χ0) is 23.1. The van der Waals surface area contributed by atoms with Crippen molar-refractivity contribution >= 4 is 5.97 Å². The maximum atomic E-state index is 10.8. The minimum atomic E-state index is -0.968. The molecule has 2 bridgehead atoms. The van der Waals surface area contributed by atoms with E-state index < -0.39 is 12.1 Å². The minimum absolute atomic E-state index is 0.103. The van der Waals surface area contributed by atoms with Gasteiger partial charge >= 0.3 is 5.97 Å². The van der Waals surface area contributed by atoms with E-state index in [2.05, 4.69) is 32.9 Å². The molecule has 3 rings (SSSR count). The monoisotopic (exact) mass is 444 g/mol. The summed E-state index contributed by atoms with van der Waals surface area (Å²) in [5.41, 5.74) is 1.06. The largest absolute Gasteiger partial charge is 0.482 e. The number of rotatable bonds is 13. The van der Waals surface area contributed by atoms with Gasteiger partial charge in [-0.15, -0.1) is 0 Å². The molecule has 0 aliphatic carbocycles. The van der Waals surface area contributed by atoms with Gasteiger partial charge in [-0.3, -0.25) is 0 Å². The minimum Gasteiger partial charge on any atom is -0.482 e. The fourth-order valence-electron chi connectivity index (χ4n) is 5.21. The van der Waals surface area contributed by atoms with Crippen molar-refractivity contribution in [1.82, 2.24) is 0 Å². The Morgan fingerprint density at radius 1 is 1.28 bits per heavy atom. The molecule has 178 valence electrons. The predicted octanol–water partition coefficient (Wildman–Crippen LogP) is 5.40. The first kappa shape index (κ1) is 24.8. The summed E-state index contributed by atoms with van der Waals surface area (Å²) in [6, 6.07) is 7.72. The van der Waals surface area contributed by atoms with Crippen LogP contribution in [-0.4, -0.2) is 41.1 Å². The topological polar surface area (TPSA) is 76.0 Å². The molecule has 1 aromatic carbocycles. The Kier molecular flexibility index (Phi) is 8.78. The van der Waals surface area contributed by atoms with Crippen LogP contribution in [-0.2, 0) is 16.0 Å². The number of carboxylic acids is 1. The van der Waals surface area contributed by atoms with Crippen LogP contribution in [0.1, 0.15) is 71.3 Å². The Hall–Kier alpha value is -1.85. The van der Waals surface area contributed by atoms with Crippen molar-refractivity contribution in [2.45, 2.75) is 90.4 Å². The number of aliphatic hydroxyl groups is 1. The van der Waals surface area contributed by atoms with Gasteiger partial charge in [0.25, 0.3) is 0 Å². The number of ether oxygens (including phenoxy) is 2. The molecule has 2 aliphatic rings. The normalized spacial score (nSPS) is 26.0. The van der Waals surface area contributed by atoms with Crippen molar-refractivity contribution in [2.24, 2.45) is 17.3 Å². The van der Waals surface area contributed by atoms with Gasteiger partial charge in [0, 0.05) is 5.92 Å². The van der Waals surface area contributed by atoms with E-state index in [1.165, 1.54) is 0 Å². The van der Waals surface area contributed by atoms with Gasteiger partial charge in [-0.25, -0.2) is 4.79 Å². The number of unbranched alkanes of at least 4 members (excludes halogenated alkanes) is 1. The lowest BCUT2D eigenvalue weighted by Gasteiger charge is -2.30. The van der Waals surface area contributed by atoms with Gasteiger partial charge in [0.1, 0.15) is 5.75 Å². The van der Waals surface area contributed by atoms with Crippen molar-refractivity contribution < 1.29 is 24.5 Å². The molecule has 0 spiro atoms. The number of benzene rings is 1. The van der Waals surface area contributed by atoms with E-state index in [4.69, 9.17) is 14.6 Å². The van der Waals surface area contributed by atoms with Gasteiger partial charge in [-0.1, -0.05) is 57.9 Å². The standard InChI is InChI=1S/C27H40O5/c1-4-5-16-27(2,3)25(28)15-12-22-21(23-13-14-24(22)32-23)11-7-9-19-8-6-10-20(17-19)31-18-26(29)30/h6,8,10,12,15,17,21-25,28H,4-5,7,9,11,13-14,16,18H2,1-3H3,(H,29,30)/b15-12+/t21-,22+,23-,24+,25?/m0/s1. The fraction of sp³-hybridized carbons (Fsp3) is 0.667. The lowest BCUT2D eigenvalue weighted by molar-refractivity contribution is -0.139. The molecule has 2 N–H and O–H groups in total. The first-order valence-corrected chi connectivity index (χ1v) is 12.3. The molecule has 2 heterocycles.